The van der Waals surface area contributed by atoms with E-state index in [1.165, 1.54) is 18.2 Å². The summed E-state index contributed by atoms with van der Waals surface area (Å²) in [5.41, 5.74) is 0. The van der Waals surface area contributed by atoms with Crippen LogP contribution in [0.25, 0.3) is 0 Å². The van der Waals surface area contributed by atoms with Crippen molar-refractivity contribution in [1.82, 2.24) is 0 Å². The fraction of sp³-hybridized carbons (Fsp3) is 0.600. The zero-order chi connectivity index (χ0) is 14.8. The number of benzene rings is 1. The Morgan fingerprint density at radius 2 is 2.10 bits per heavy atom. The van der Waals surface area contributed by atoms with Crippen LogP contribution in [0.4, 0.5) is 4.39 Å². The van der Waals surface area contributed by atoms with Crippen LogP contribution < -0.4 is 0 Å². The number of aliphatic hydroxyl groups excluding tert-OH is 1. The van der Waals surface area contributed by atoms with Gasteiger partial charge in [0.15, 0.2) is 9.84 Å². The molecular formula is C15H21FO3S. The van der Waals surface area contributed by atoms with E-state index in [9.17, 15) is 17.9 Å². The molecule has 0 amide bonds. The molecule has 1 fully saturated rings. The van der Waals surface area contributed by atoms with Gasteiger partial charge in [0.2, 0.25) is 0 Å². The third kappa shape index (κ3) is 3.20. The lowest BCUT2D eigenvalue weighted by Crippen LogP contribution is -2.39. The second kappa shape index (κ2) is 6.22. The molecule has 20 heavy (non-hydrogen) atoms. The highest BCUT2D eigenvalue weighted by Gasteiger charge is 2.38. The van der Waals surface area contributed by atoms with Crippen LogP contribution in [-0.2, 0) is 9.84 Å². The van der Waals surface area contributed by atoms with Crippen LogP contribution in [0.1, 0.15) is 39.0 Å². The summed E-state index contributed by atoms with van der Waals surface area (Å²) in [6, 6.07) is 5.04. The summed E-state index contributed by atoms with van der Waals surface area (Å²) in [6.07, 6.45) is 2.97. The van der Waals surface area contributed by atoms with Crippen LogP contribution >= 0.6 is 0 Å². The zero-order valence-corrected chi connectivity index (χ0v) is 12.4. The van der Waals surface area contributed by atoms with E-state index in [1.54, 1.807) is 0 Å². The van der Waals surface area contributed by atoms with E-state index in [4.69, 9.17) is 0 Å². The summed E-state index contributed by atoms with van der Waals surface area (Å²) >= 11 is 0. The summed E-state index contributed by atoms with van der Waals surface area (Å²) in [5, 5.41) is 9.24. The molecule has 1 aromatic carbocycles. The maximum Gasteiger partial charge on any atom is 0.183 e. The first-order valence-corrected chi connectivity index (χ1v) is 8.67. The van der Waals surface area contributed by atoms with Crippen LogP contribution in [0.15, 0.2) is 29.2 Å². The molecule has 0 aromatic heterocycles. The predicted molar refractivity (Wildman–Crippen MR) is 75.6 cm³/mol. The summed E-state index contributed by atoms with van der Waals surface area (Å²) in [5.74, 6) is -0.238. The lowest BCUT2D eigenvalue weighted by molar-refractivity contribution is 0.109. The molecule has 0 bridgehead atoms. The molecule has 1 saturated carbocycles. The first kappa shape index (κ1) is 15.4. The van der Waals surface area contributed by atoms with Crippen LogP contribution in [-0.4, -0.2) is 24.9 Å². The molecule has 3 nitrogen and oxygen atoms in total. The van der Waals surface area contributed by atoms with Gasteiger partial charge < -0.3 is 5.11 Å². The third-order valence-corrected chi connectivity index (χ3v) is 6.30. The molecule has 1 aliphatic rings. The number of hydrogen-bond donors (Lipinski definition) is 1. The molecule has 3 atom stereocenters. The van der Waals surface area contributed by atoms with Crippen molar-refractivity contribution in [3.63, 3.8) is 0 Å². The zero-order valence-electron chi connectivity index (χ0n) is 11.6. The molecule has 2 rings (SSSR count). The van der Waals surface area contributed by atoms with E-state index in [0.29, 0.717) is 18.8 Å². The van der Waals surface area contributed by atoms with Gasteiger partial charge in [-0.2, -0.15) is 0 Å². The summed E-state index contributed by atoms with van der Waals surface area (Å²) in [7, 11) is -3.67. The molecule has 0 saturated heterocycles. The van der Waals surface area contributed by atoms with Crippen molar-refractivity contribution < 1.29 is 17.9 Å². The largest absolute Gasteiger partial charge is 0.392 e. The molecule has 1 aromatic rings. The van der Waals surface area contributed by atoms with Gasteiger partial charge in [0.1, 0.15) is 5.82 Å². The Morgan fingerprint density at radius 1 is 1.35 bits per heavy atom. The second-order valence-corrected chi connectivity index (χ2v) is 7.74. The van der Waals surface area contributed by atoms with E-state index in [0.717, 1.165) is 25.3 Å². The van der Waals surface area contributed by atoms with Crippen molar-refractivity contribution in [2.24, 2.45) is 5.92 Å². The number of aliphatic hydroxyl groups is 1. The van der Waals surface area contributed by atoms with Gasteiger partial charge in [0.05, 0.1) is 16.2 Å². The number of hydrogen-bond acceptors (Lipinski definition) is 3. The maximum atomic E-state index is 13.2. The minimum atomic E-state index is -3.67. The third-order valence-electron chi connectivity index (χ3n) is 4.09. The lowest BCUT2D eigenvalue weighted by atomic mass is 9.84. The Balaban J connectivity index is 2.27. The highest BCUT2D eigenvalue weighted by Crippen LogP contribution is 2.34. The topological polar surface area (TPSA) is 54.4 Å². The smallest absolute Gasteiger partial charge is 0.183 e. The highest BCUT2D eigenvalue weighted by molar-refractivity contribution is 7.92. The van der Waals surface area contributed by atoms with Gasteiger partial charge in [-0.3, -0.25) is 0 Å². The lowest BCUT2D eigenvalue weighted by Gasteiger charge is -2.32. The Kier molecular flexibility index (Phi) is 4.81. The molecule has 5 heteroatoms. The van der Waals surface area contributed by atoms with Crippen molar-refractivity contribution in [3.05, 3.63) is 30.1 Å². The molecule has 3 unspecified atom stereocenters. The van der Waals surface area contributed by atoms with Gasteiger partial charge in [0.25, 0.3) is 0 Å². The van der Waals surface area contributed by atoms with Crippen molar-refractivity contribution in [3.8, 4) is 0 Å². The highest BCUT2D eigenvalue weighted by atomic mass is 32.2. The Labute approximate surface area is 119 Å². The molecule has 0 radical (unpaired) electrons. The van der Waals surface area contributed by atoms with Crippen LogP contribution in [0, 0.1) is 11.7 Å². The van der Waals surface area contributed by atoms with Crippen molar-refractivity contribution in [1.29, 1.82) is 0 Å². The summed E-state index contributed by atoms with van der Waals surface area (Å²) < 4.78 is 38.4. The Bertz CT molecular complexity index is 556. The van der Waals surface area contributed by atoms with Crippen LogP contribution in [0.5, 0.6) is 0 Å². The van der Waals surface area contributed by atoms with Gasteiger partial charge >= 0.3 is 0 Å². The molecule has 0 aliphatic heterocycles. The van der Waals surface area contributed by atoms with Gasteiger partial charge in [-0.15, -0.1) is 0 Å². The molecule has 1 N–H and O–H groups in total. The minimum Gasteiger partial charge on any atom is -0.392 e. The standard InChI is InChI=1S/C15H21FO3S/c1-2-4-11-7-8-14(17)15(9-11)20(18,19)13-6-3-5-12(16)10-13/h3,5-6,10-11,14-15,17H,2,4,7-9H2,1H3. The van der Waals surface area contributed by atoms with E-state index >= 15 is 0 Å². The summed E-state index contributed by atoms with van der Waals surface area (Å²) in [4.78, 5) is -0.0290. The van der Waals surface area contributed by atoms with Gasteiger partial charge in [-0.25, -0.2) is 12.8 Å². The first-order valence-electron chi connectivity index (χ1n) is 7.12. The van der Waals surface area contributed by atoms with Crippen molar-refractivity contribution >= 4 is 9.84 Å². The number of halogens is 1. The van der Waals surface area contributed by atoms with Crippen molar-refractivity contribution in [2.45, 2.75) is 55.3 Å². The molecule has 112 valence electrons. The Morgan fingerprint density at radius 3 is 2.75 bits per heavy atom. The van der Waals surface area contributed by atoms with E-state index in [1.807, 2.05) is 0 Å². The molecule has 1 aliphatic carbocycles. The quantitative estimate of drug-likeness (QED) is 0.930. The molecule has 0 heterocycles. The van der Waals surface area contributed by atoms with E-state index in [-0.39, 0.29) is 4.90 Å². The van der Waals surface area contributed by atoms with Gasteiger partial charge in [-0.05, 0) is 43.4 Å². The monoisotopic (exact) mass is 300 g/mol. The minimum absolute atomic E-state index is 0.0290. The SMILES string of the molecule is CCCC1CCC(O)C(S(=O)(=O)c2cccc(F)c2)C1. The summed E-state index contributed by atoms with van der Waals surface area (Å²) in [6.45, 7) is 2.07. The predicted octanol–water partition coefficient (Wildman–Crippen LogP) is 2.93. The van der Waals surface area contributed by atoms with Crippen LogP contribution in [0.3, 0.4) is 0 Å². The van der Waals surface area contributed by atoms with E-state index in [2.05, 4.69) is 6.92 Å². The second-order valence-electron chi connectivity index (χ2n) is 5.58. The number of sulfone groups is 1. The maximum absolute atomic E-state index is 13.2. The average molecular weight is 300 g/mol. The van der Waals surface area contributed by atoms with Crippen LogP contribution in [0.2, 0.25) is 0 Å². The fourth-order valence-corrected chi connectivity index (χ4v) is 4.99. The Hall–Kier alpha value is -0.940. The average Bonchev–Trinajstić information content (AvgIpc) is 2.41. The molecular weight excluding hydrogens is 279 g/mol. The van der Waals surface area contributed by atoms with E-state index < -0.39 is 27.0 Å². The van der Waals surface area contributed by atoms with Crippen molar-refractivity contribution in [2.75, 3.05) is 0 Å². The fourth-order valence-electron chi connectivity index (χ4n) is 3.02. The van der Waals surface area contributed by atoms with Gasteiger partial charge in [0, 0.05) is 0 Å². The first-order chi connectivity index (χ1) is 9.45. The normalized spacial score (nSPS) is 27.4. The number of rotatable bonds is 4. The van der Waals surface area contributed by atoms with Gasteiger partial charge in [-0.1, -0.05) is 25.8 Å². The molecule has 0 spiro atoms.